The summed E-state index contributed by atoms with van der Waals surface area (Å²) < 4.78 is 7.21. The molecule has 0 aliphatic heterocycles. The van der Waals surface area contributed by atoms with Gasteiger partial charge in [0.1, 0.15) is 5.75 Å². The summed E-state index contributed by atoms with van der Waals surface area (Å²) >= 11 is 1.32. The van der Waals surface area contributed by atoms with Crippen molar-refractivity contribution in [2.75, 3.05) is 18.2 Å². The van der Waals surface area contributed by atoms with Gasteiger partial charge >= 0.3 is 0 Å². The van der Waals surface area contributed by atoms with Crippen LogP contribution in [0.1, 0.15) is 5.56 Å². The number of amides is 1. The number of carbonyl (C=O) groups excluding carboxylic acids is 1. The molecular formula is C20H21N5O2S. The van der Waals surface area contributed by atoms with Crippen LogP contribution < -0.4 is 10.1 Å². The third kappa shape index (κ3) is 4.58. The van der Waals surface area contributed by atoms with Gasteiger partial charge in [-0.25, -0.2) is 0 Å². The number of thioether (sulfide) groups is 1. The summed E-state index contributed by atoms with van der Waals surface area (Å²) in [6.07, 6.45) is 5.21. The molecule has 0 aliphatic carbocycles. The van der Waals surface area contributed by atoms with E-state index in [2.05, 4.69) is 27.1 Å². The van der Waals surface area contributed by atoms with Gasteiger partial charge in [-0.15, -0.1) is 16.8 Å². The molecule has 7 nitrogen and oxygen atoms in total. The average molecular weight is 395 g/mol. The van der Waals surface area contributed by atoms with Crippen molar-refractivity contribution in [1.29, 1.82) is 0 Å². The van der Waals surface area contributed by atoms with Crippen LogP contribution in [0.4, 0.5) is 5.69 Å². The number of aryl methyl sites for hydroxylation is 1. The summed E-state index contributed by atoms with van der Waals surface area (Å²) in [6, 6.07) is 9.40. The number of nitrogens with one attached hydrogen (secondary N) is 1. The molecule has 0 saturated carbocycles. The maximum atomic E-state index is 12.4. The molecule has 3 rings (SSSR count). The van der Waals surface area contributed by atoms with E-state index in [0.29, 0.717) is 29.0 Å². The molecule has 0 radical (unpaired) electrons. The average Bonchev–Trinajstić information content (AvgIpc) is 3.10. The monoisotopic (exact) mass is 395 g/mol. The lowest BCUT2D eigenvalue weighted by Gasteiger charge is -2.11. The number of aromatic nitrogens is 4. The number of hydrogen-bond donors (Lipinski definition) is 1. The van der Waals surface area contributed by atoms with Crippen LogP contribution in [0.3, 0.4) is 0 Å². The zero-order valence-electron chi connectivity index (χ0n) is 15.8. The highest BCUT2D eigenvalue weighted by molar-refractivity contribution is 7.99. The predicted molar refractivity (Wildman–Crippen MR) is 111 cm³/mol. The fourth-order valence-electron chi connectivity index (χ4n) is 2.63. The molecule has 1 N–H and O–H groups in total. The third-order valence-corrected chi connectivity index (χ3v) is 4.88. The Morgan fingerprint density at radius 2 is 2.21 bits per heavy atom. The Kier molecular flexibility index (Phi) is 6.44. The van der Waals surface area contributed by atoms with Crippen molar-refractivity contribution in [2.45, 2.75) is 18.6 Å². The normalized spacial score (nSPS) is 10.5. The number of anilines is 1. The van der Waals surface area contributed by atoms with Gasteiger partial charge in [-0.2, -0.15) is 0 Å². The molecule has 0 aliphatic rings. The topological polar surface area (TPSA) is 81.9 Å². The highest BCUT2D eigenvalue weighted by atomic mass is 32.2. The maximum absolute atomic E-state index is 12.4. The Hall–Kier alpha value is -3.13. The zero-order chi connectivity index (χ0) is 19.9. The van der Waals surface area contributed by atoms with E-state index in [4.69, 9.17) is 4.74 Å². The Balaban J connectivity index is 1.72. The van der Waals surface area contributed by atoms with Crippen LogP contribution in [0.25, 0.3) is 11.4 Å². The molecule has 0 fully saturated rings. The minimum absolute atomic E-state index is 0.148. The lowest BCUT2D eigenvalue weighted by molar-refractivity contribution is -0.113. The quantitative estimate of drug-likeness (QED) is 0.464. The number of pyridine rings is 1. The molecule has 1 aromatic carbocycles. The summed E-state index contributed by atoms with van der Waals surface area (Å²) in [7, 11) is 1.58. The fraction of sp³-hybridized carbons (Fsp3) is 0.200. The Bertz CT molecular complexity index is 972. The van der Waals surface area contributed by atoms with E-state index in [1.54, 1.807) is 25.6 Å². The first-order valence-corrected chi connectivity index (χ1v) is 9.62. The molecule has 0 bridgehead atoms. The first-order valence-electron chi connectivity index (χ1n) is 8.64. The molecule has 0 atom stereocenters. The highest BCUT2D eigenvalue weighted by Crippen LogP contribution is 2.27. The predicted octanol–water partition coefficient (Wildman–Crippen LogP) is 3.57. The number of rotatable bonds is 8. The van der Waals surface area contributed by atoms with Gasteiger partial charge in [-0.3, -0.25) is 14.3 Å². The van der Waals surface area contributed by atoms with E-state index in [1.165, 1.54) is 11.8 Å². The Labute approximate surface area is 167 Å². The van der Waals surface area contributed by atoms with Crippen LogP contribution in [0.5, 0.6) is 5.75 Å². The van der Waals surface area contributed by atoms with Gasteiger partial charge < -0.3 is 10.1 Å². The summed E-state index contributed by atoms with van der Waals surface area (Å²) in [6.45, 7) is 6.29. The van der Waals surface area contributed by atoms with Crippen LogP contribution in [-0.2, 0) is 11.3 Å². The van der Waals surface area contributed by atoms with Crippen molar-refractivity contribution in [3.05, 3.63) is 60.9 Å². The summed E-state index contributed by atoms with van der Waals surface area (Å²) in [5.41, 5.74) is 2.55. The number of ether oxygens (including phenoxy) is 1. The van der Waals surface area contributed by atoms with E-state index < -0.39 is 0 Å². The van der Waals surface area contributed by atoms with E-state index in [-0.39, 0.29) is 11.7 Å². The summed E-state index contributed by atoms with van der Waals surface area (Å²) in [4.78, 5) is 16.6. The maximum Gasteiger partial charge on any atom is 0.234 e. The van der Waals surface area contributed by atoms with Gasteiger partial charge in [-0.05, 0) is 36.8 Å². The number of benzene rings is 1. The minimum atomic E-state index is -0.148. The lowest BCUT2D eigenvalue weighted by Crippen LogP contribution is -2.15. The molecule has 0 saturated heterocycles. The number of methoxy groups -OCH3 is 1. The first kappa shape index (κ1) is 19.6. The zero-order valence-corrected chi connectivity index (χ0v) is 16.6. The second-order valence-corrected chi connectivity index (χ2v) is 6.93. The number of nitrogens with zero attached hydrogens (tertiary/aromatic N) is 4. The van der Waals surface area contributed by atoms with Gasteiger partial charge in [0.2, 0.25) is 5.91 Å². The highest BCUT2D eigenvalue weighted by Gasteiger charge is 2.15. The lowest BCUT2D eigenvalue weighted by atomic mass is 10.2. The van der Waals surface area contributed by atoms with Crippen LogP contribution in [0.2, 0.25) is 0 Å². The van der Waals surface area contributed by atoms with Gasteiger partial charge in [0, 0.05) is 24.5 Å². The Morgan fingerprint density at radius 1 is 1.36 bits per heavy atom. The molecular weight excluding hydrogens is 374 g/mol. The van der Waals surface area contributed by atoms with Gasteiger partial charge in [0.05, 0.1) is 18.6 Å². The van der Waals surface area contributed by atoms with Crippen LogP contribution in [0, 0.1) is 6.92 Å². The van der Waals surface area contributed by atoms with E-state index in [9.17, 15) is 4.79 Å². The van der Waals surface area contributed by atoms with Crippen molar-refractivity contribution in [3.8, 4) is 17.1 Å². The second kappa shape index (κ2) is 9.18. The molecule has 8 heteroatoms. The number of carbonyl (C=O) groups is 1. The van der Waals surface area contributed by atoms with Gasteiger partial charge in [0.15, 0.2) is 11.0 Å². The van der Waals surface area contributed by atoms with Crippen LogP contribution >= 0.6 is 11.8 Å². The molecule has 0 spiro atoms. The van der Waals surface area contributed by atoms with Crippen molar-refractivity contribution in [3.63, 3.8) is 0 Å². The standard InChI is InChI=1S/C20H21N5O2S/c1-4-10-25-19(15-6-5-9-21-12-15)23-24-20(25)28-13-18(26)22-16-11-14(2)7-8-17(16)27-3/h4-9,11-12H,1,10,13H2,2-3H3,(H,22,26). The van der Waals surface area contributed by atoms with Gasteiger partial charge in [0.25, 0.3) is 0 Å². The largest absolute Gasteiger partial charge is 0.495 e. The van der Waals surface area contributed by atoms with E-state index >= 15 is 0 Å². The second-order valence-electron chi connectivity index (χ2n) is 5.99. The van der Waals surface area contributed by atoms with Crippen LogP contribution in [0.15, 0.2) is 60.5 Å². The number of allylic oxidation sites excluding steroid dienone is 1. The molecule has 28 heavy (non-hydrogen) atoms. The minimum Gasteiger partial charge on any atom is -0.495 e. The first-order chi connectivity index (χ1) is 13.6. The smallest absolute Gasteiger partial charge is 0.234 e. The van der Waals surface area contributed by atoms with Crippen molar-refractivity contribution >= 4 is 23.4 Å². The summed E-state index contributed by atoms with van der Waals surface area (Å²) in [5, 5.41) is 12.0. The SMILES string of the molecule is C=CCn1c(SCC(=O)Nc2cc(C)ccc2OC)nnc1-c1cccnc1. The van der Waals surface area contributed by atoms with Crippen molar-refractivity contribution in [2.24, 2.45) is 0 Å². The van der Waals surface area contributed by atoms with Gasteiger partial charge in [-0.1, -0.05) is 23.9 Å². The Morgan fingerprint density at radius 3 is 2.93 bits per heavy atom. The molecule has 2 aromatic heterocycles. The summed E-state index contributed by atoms with van der Waals surface area (Å²) in [5.74, 6) is 1.36. The molecule has 0 unspecified atom stereocenters. The number of hydrogen-bond acceptors (Lipinski definition) is 6. The molecule has 2 heterocycles. The van der Waals surface area contributed by atoms with E-state index in [0.717, 1.165) is 11.1 Å². The van der Waals surface area contributed by atoms with Crippen molar-refractivity contribution in [1.82, 2.24) is 19.7 Å². The molecule has 144 valence electrons. The van der Waals surface area contributed by atoms with Crippen molar-refractivity contribution < 1.29 is 9.53 Å². The molecule has 1 amide bonds. The van der Waals surface area contributed by atoms with Crippen LogP contribution in [-0.4, -0.2) is 38.5 Å². The van der Waals surface area contributed by atoms with E-state index in [1.807, 2.05) is 41.8 Å². The molecule has 3 aromatic rings. The third-order valence-electron chi connectivity index (χ3n) is 3.91. The fourth-order valence-corrected chi connectivity index (χ4v) is 3.38.